The summed E-state index contributed by atoms with van der Waals surface area (Å²) >= 11 is 0. The molecular formula is C16H18F3N3O3. The number of alkyl halides is 3. The molecule has 0 spiro atoms. The standard InChI is InChI=1S/C16H18F3N3O3/c1-3-10-22-12(11-8-6-5-7-9-11)20-15(13(22)23,16(17,18)19)21-14(24)25-4-2/h5-9H,3-4,10H2,1-2H3,(H,21,24)/t15-/m1/s1. The van der Waals surface area contributed by atoms with Gasteiger partial charge in [-0.3, -0.25) is 15.0 Å². The van der Waals surface area contributed by atoms with Gasteiger partial charge in [0.25, 0.3) is 5.91 Å². The molecule has 1 heterocycles. The van der Waals surface area contributed by atoms with Gasteiger partial charge in [0.15, 0.2) is 0 Å². The third-order valence-corrected chi connectivity index (χ3v) is 3.53. The molecule has 0 radical (unpaired) electrons. The van der Waals surface area contributed by atoms with Gasteiger partial charge >= 0.3 is 17.9 Å². The number of benzene rings is 1. The summed E-state index contributed by atoms with van der Waals surface area (Å²) in [5.74, 6) is -1.49. The minimum absolute atomic E-state index is 0.0366. The lowest BCUT2D eigenvalue weighted by molar-refractivity contribution is -0.197. The number of hydrogen-bond acceptors (Lipinski definition) is 4. The van der Waals surface area contributed by atoms with E-state index in [-0.39, 0.29) is 19.0 Å². The van der Waals surface area contributed by atoms with Crippen molar-refractivity contribution in [3.63, 3.8) is 0 Å². The molecule has 0 unspecified atom stereocenters. The largest absolute Gasteiger partial charge is 0.450 e. The molecule has 9 heteroatoms. The number of halogens is 3. The number of rotatable bonds is 5. The number of ether oxygens (including phenoxy) is 1. The molecule has 1 aliphatic heterocycles. The molecule has 0 aromatic heterocycles. The van der Waals surface area contributed by atoms with Crippen LogP contribution in [0.1, 0.15) is 25.8 Å². The predicted octanol–water partition coefficient (Wildman–Crippen LogP) is 2.69. The predicted molar refractivity (Wildman–Crippen MR) is 83.9 cm³/mol. The van der Waals surface area contributed by atoms with Crippen LogP contribution in [0.3, 0.4) is 0 Å². The lowest BCUT2D eigenvalue weighted by Gasteiger charge is -2.28. The van der Waals surface area contributed by atoms with Gasteiger partial charge in [-0.1, -0.05) is 37.3 Å². The zero-order valence-corrected chi connectivity index (χ0v) is 13.8. The first kappa shape index (κ1) is 18.8. The van der Waals surface area contributed by atoms with E-state index in [1.807, 2.05) is 0 Å². The van der Waals surface area contributed by atoms with Gasteiger partial charge in [-0.25, -0.2) is 9.79 Å². The summed E-state index contributed by atoms with van der Waals surface area (Å²) < 4.78 is 45.8. The second kappa shape index (κ2) is 7.12. The van der Waals surface area contributed by atoms with Crippen LogP contribution in [0.5, 0.6) is 0 Å². The number of nitrogens with one attached hydrogen (secondary N) is 1. The maximum Gasteiger partial charge on any atom is 0.442 e. The number of amidine groups is 1. The molecule has 1 aromatic rings. The molecule has 1 aromatic carbocycles. The third-order valence-electron chi connectivity index (χ3n) is 3.53. The molecule has 6 nitrogen and oxygen atoms in total. The summed E-state index contributed by atoms with van der Waals surface area (Å²) in [4.78, 5) is 28.8. The van der Waals surface area contributed by atoms with Crippen LogP contribution in [0.4, 0.5) is 18.0 Å². The molecule has 25 heavy (non-hydrogen) atoms. The summed E-state index contributed by atoms with van der Waals surface area (Å²) in [6.45, 7) is 3.07. The fourth-order valence-corrected chi connectivity index (χ4v) is 2.45. The van der Waals surface area contributed by atoms with Crippen molar-refractivity contribution < 1.29 is 27.5 Å². The lowest BCUT2D eigenvalue weighted by atomic mass is 10.1. The second-order valence-corrected chi connectivity index (χ2v) is 5.31. The van der Waals surface area contributed by atoms with Crippen LogP contribution < -0.4 is 5.32 Å². The lowest BCUT2D eigenvalue weighted by Crippen LogP contribution is -2.63. The first-order chi connectivity index (χ1) is 11.8. The molecule has 0 aliphatic carbocycles. The van der Waals surface area contributed by atoms with Crippen LogP contribution in [0, 0.1) is 0 Å². The van der Waals surface area contributed by atoms with E-state index in [4.69, 9.17) is 0 Å². The second-order valence-electron chi connectivity index (χ2n) is 5.31. The Bertz CT molecular complexity index is 676. The fourth-order valence-electron chi connectivity index (χ4n) is 2.45. The van der Waals surface area contributed by atoms with Gasteiger partial charge in [-0.15, -0.1) is 0 Å². The van der Waals surface area contributed by atoms with E-state index in [1.165, 1.54) is 6.92 Å². The molecule has 2 amide bonds. The van der Waals surface area contributed by atoms with Crippen molar-refractivity contribution >= 4 is 17.8 Å². The van der Waals surface area contributed by atoms with Gasteiger partial charge < -0.3 is 4.74 Å². The third kappa shape index (κ3) is 3.45. The van der Waals surface area contributed by atoms with Crippen molar-refractivity contribution in [1.82, 2.24) is 10.2 Å². The van der Waals surface area contributed by atoms with Crippen LogP contribution in [-0.4, -0.2) is 47.7 Å². The zero-order valence-electron chi connectivity index (χ0n) is 13.8. The summed E-state index contributed by atoms with van der Waals surface area (Å²) in [6, 6.07) is 8.04. The number of hydrogen-bond donors (Lipinski definition) is 1. The van der Waals surface area contributed by atoms with E-state index >= 15 is 0 Å². The molecule has 0 fully saturated rings. The minimum Gasteiger partial charge on any atom is -0.450 e. The van der Waals surface area contributed by atoms with E-state index in [1.54, 1.807) is 42.6 Å². The fraction of sp³-hybridized carbons (Fsp3) is 0.438. The smallest absolute Gasteiger partial charge is 0.442 e. The molecular weight excluding hydrogens is 339 g/mol. The van der Waals surface area contributed by atoms with Crippen LogP contribution in [0.2, 0.25) is 0 Å². The van der Waals surface area contributed by atoms with Gasteiger partial charge in [0, 0.05) is 12.1 Å². The Kier molecular flexibility index (Phi) is 5.34. The maximum atomic E-state index is 13.7. The van der Waals surface area contributed by atoms with Gasteiger partial charge in [-0.2, -0.15) is 13.2 Å². The average molecular weight is 357 g/mol. The summed E-state index contributed by atoms with van der Waals surface area (Å²) in [7, 11) is 0. The van der Waals surface area contributed by atoms with Crippen LogP contribution in [0.25, 0.3) is 0 Å². The molecule has 0 saturated heterocycles. The normalized spacial score (nSPS) is 20.4. The van der Waals surface area contributed by atoms with E-state index in [2.05, 4.69) is 9.73 Å². The molecule has 1 aliphatic rings. The first-order valence-corrected chi connectivity index (χ1v) is 7.75. The highest BCUT2D eigenvalue weighted by atomic mass is 19.4. The molecule has 136 valence electrons. The highest BCUT2D eigenvalue weighted by Gasteiger charge is 2.67. The first-order valence-electron chi connectivity index (χ1n) is 7.75. The molecule has 0 bridgehead atoms. The Labute approximate surface area is 142 Å². The van der Waals surface area contributed by atoms with E-state index < -0.39 is 23.8 Å². The van der Waals surface area contributed by atoms with E-state index in [0.29, 0.717) is 12.0 Å². The topological polar surface area (TPSA) is 71.0 Å². The Balaban J connectivity index is 2.56. The number of carbonyl (C=O) groups is 2. The maximum absolute atomic E-state index is 13.7. The number of aliphatic imine (C=N–C) groups is 1. The number of alkyl carbamates (subject to hydrolysis) is 1. The van der Waals surface area contributed by atoms with Gasteiger partial charge in [0.1, 0.15) is 5.84 Å². The van der Waals surface area contributed by atoms with E-state index in [0.717, 1.165) is 4.90 Å². The highest BCUT2D eigenvalue weighted by molar-refractivity contribution is 6.16. The summed E-state index contributed by atoms with van der Waals surface area (Å²) in [5, 5.41) is 1.61. The molecule has 1 N–H and O–H groups in total. The average Bonchev–Trinajstić information content (AvgIpc) is 2.83. The number of carbonyl (C=O) groups excluding carboxylic acids is 2. The molecule has 2 rings (SSSR count). The monoisotopic (exact) mass is 357 g/mol. The van der Waals surface area contributed by atoms with Crippen molar-refractivity contribution in [3.05, 3.63) is 35.9 Å². The van der Waals surface area contributed by atoms with Crippen molar-refractivity contribution in [1.29, 1.82) is 0 Å². The van der Waals surface area contributed by atoms with E-state index in [9.17, 15) is 22.8 Å². The Hall–Kier alpha value is -2.58. The summed E-state index contributed by atoms with van der Waals surface area (Å²) in [6.07, 6.45) is -6.06. The van der Waals surface area contributed by atoms with Crippen molar-refractivity contribution in [3.8, 4) is 0 Å². The van der Waals surface area contributed by atoms with Gasteiger partial charge in [-0.05, 0) is 13.3 Å². The Morgan fingerprint density at radius 3 is 2.44 bits per heavy atom. The Morgan fingerprint density at radius 2 is 1.92 bits per heavy atom. The molecule has 1 atom stereocenters. The van der Waals surface area contributed by atoms with Crippen LogP contribution in [0.15, 0.2) is 35.3 Å². The van der Waals surface area contributed by atoms with Gasteiger partial charge in [0.05, 0.1) is 6.61 Å². The Morgan fingerprint density at radius 1 is 1.28 bits per heavy atom. The summed E-state index contributed by atoms with van der Waals surface area (Å²) in [5.41, 5.74) is -3.04. The van der Waals surface area contributed by atoms with Gasteiger partial charge in [0.2, 0.25) is 0 Å². The van der Waals surface area contributed by atoms with Crippen molar-refractivity contribution in [2.24, 2.45) is 4.99 Å². The van der Waals surface area contributed by atoms with Crippen molar-refractivity contribution in [2.75, 3.05) is 13.2 Å². The quantitative estimate of drug-likeness (QED) is 0.881. The number of amides is 2. The molecule has 0 saturated carbocycles. The van der Waals surface area contributed by atoms with Crippen molar-refractivity contribution in [2.45, 2.75) is 32.1 Å². The zero-order chi connectivity index (χ0) is 18.7. The minimum atomic E-state index is -5.13. The highest BCUT2D eigenvalue weighted by Crippen LogP contribution is 2.38. The number of nitrogens with zero attached hydrogens (tertiary/aromatic N) is 2. The van der Waals surface area contributed by atoms with Crippen LogP contribution in [-0.2, 0) is 9.53 Å². The SMILES string of the molecule is CCCN1C(=O)[C@@](NC(=O)OCC)(C(F)(F)F)N=C1c1ccccc1. The van der Waals surface area contributed by atoms with Crippen LogP contribution >= 0.6 is 0 Å².